The molecule has 0 aliphatic carbocycles. The third-order valence-electron chi connectivity index (χ3n) is 11.6. The van der Waals surface area contributed by atoms with E-state index in [1.807, 2.05) is 42.5 Å². The highest BCUT2D eigenvalue weighted by Crippen LogP contribution is 2.21. The number of H-pyrrole nitrogens is 2. The van der Waals surface area contributed by atoms with Gasteiger partial charge in [-0.15, -0.1) is 0 Å². The van der Waals surface area contributed by atoms with Crippen LogP contribution in [0.4, 0.5) is 0 Å². The molecule has 0 radical (unpaired) electrons. The normalized spacial score (nSPS) is 13.6. The minimum Gasteiger partial charge on any atom is -0.480 e. The molecule has 0 bridgehead atoms. The van der Waals surface area contributed by atoms with Crippen molar-refractivity contribution in [1.29, 1.82) is 0 Å². The molecular weight excluding hydrogens is 915 g/mol. The Kier molecular flexibility index (Phi) is 19.8. The molecule has 23 nitrogen and oxygen atoms in total. The number of nitrogens with two attached hydrogens (primary N) is 6. The molecule has 2 aromatic heterocycles. The average molecular weight is 978 g/mol. The number of aromatic amines is 2. The molecule has 0 aliphatic rings. The van der Waals surface area contributed by atoms with Crippen LogP contribution in [-0.2, 0) is 52.8 Å². The fourth-order valence-electron chi connectivity index (χ4n) is 7.86. The number of benzene rings is 3. The summed E-state index contributed by atoms with van der Waals surface area (Å²) in [6.07, 6.45) is 3.06. The van der Waals surface area contributed by atoms with E-state index in [0.717, 1.165) is 21.8 Å². The van der Waals surface area contributed by atoms with Crippen LogP contribution in [0.5, 0.6) is 0 Å². The van der Waals surface area contributed by atoms with Gasteiger partial charge in [0.2, 0.25) is 35.4 Å². The van der Waals surface area contributed by atoms with Crippen LogP contribution in [0.1, 0.15) is 55.2 Å². The van der Waals surface area contributed by atoms with Crippen molar-refractivity contribution in [2.24, 2.45) is 44.4 Å². The number of nitrogens with zero attached hydrogens (tertiary/aromatic N) is 2. The monoisotopic (exact) mass is 977 g/mol. The lowest BCUT2D eigenvalue weighted by Crippen LogP contribution is -2.60. The molecule has 6 amide bonds. The second-order valence-electron chi connectivity index (χ2n) is 17.0. The predicted octanol–water partition coefficient (Wildman–Crippen LogP) is -1.11. The molecular formula is C48H63N15O8. The van der Waals surface area contributed by atoms with Crippen LogP contribution in [0.3, 0.4) is 0 Å². The van der Waals surface area contributed by atoms with Crippen molar-refractivity contribution < 1.29 is 38.7 Å². The topological polar surface area (TPSA) is 412 Å². The number of guanidine groups is 2. The summed E-state index contributed by atoms with van der Waals surface area (Å²) < 4.78 is 0. The number of nitrogens with one attached hydrogen (secondary N) is 7. The summed E-state index contributed by atoms with van der Waals surface area (Å²) >= 11 is 0. The Morgan fingerprint density at radius 2 is 0.930 bits per heavy atom. The zero-order chi connectivity index (χ0) is 51.5. The fourth-order valence-corrected chi connectivity index (χ4v) is 7.86. The van der Waals surface area contributed by atoms with E-state index in [4.69, 9.17) is 34.4 Å². The third kappa shape index (κ3) is 16.6. The molecule has 378 valence electrons. The average Bonchev–Trinajstić information content (AvgIpc) is 3.95. The van der Waals surface area contributed by atoms with Crippen molar-refractivity contribution in [2.75, 3.05) is 13.1 Å². The molecule has 0 spiro atoms. The fraction of sp³-hybridized carbons (Fsp3) is 0.354. The van der Waals surface area contributed by atoms with Crippen molar-refractivity contribution in [1.82, 2.24) is 36.6 Å². The van der Waals surface area contributed by atoms with E-state index < -0.39 is 77.7 Å². The van der Waals surface area contributed by atoms with Crippen LogP contribution < -0.4 is 61.0 Å². The Balaban J connectivity index is 1.42. The van der Waals surface area contributed by atoms with E-state index in [1.165, 1.54) is 0 Å². The van der Waals surface area contributed by atoms with E-state index in [9.17, 15) is 38.7 Å². The van der Waals surface area contributed by atoms with Gasteiger partial charge in [-0.25, -0.2) is 4.79 Å². The van der Waals surface area contributed by atoms with Crippen LogP contribution >= 0.6 is 0 Å². The number of fused-ring (bicyclic) bond motifs is 2. The first kappa shape index (κ1) is 53.5. The Hall–Kier alpha value is -8.47. The van der Waals surface area contributed by atoms with Gasteiger partial charge in [0, 0.05) is 73.0 Å². The lowest BCUT2D eigenvalue weighted by Gasteiger charge is -2.27. The summed E-state index contributed by atoms with van der Waals surface area (Å²) in [7, 11) is 0. The first-order valence-electron chi connectivity index (χ1n) is 23.0. The highest BCUT2D eigenvalue weighted by Gasteiger charge is 2.34. The van der Waals surface area contributed by atoms with Gasteiger partial charge in [-0.1, -0.05) is 66.7 Å². The van der Waals surface area contributed by atoms with Crippen molar-refractivity contribution in [3.05, 3.63) is 108 Å². The molecule has 20 N–H and O–H groups in total. The number of rotatable bonds is 28. The summed E-state index contributed by atoms with van der Waals surface area (Å²) in [4.78, 5) is 110. The maximum absolute atomic E-state index is 14.7. The molecule has 0 aliphatic heterocycles. The second kappa shape index (κ2) is 26.3. The Labute approximate surface area is 408 Å². The molecule has 2 heterocycles. The summed E-state index contributed by atoms with van der Waals surface area (Å²) in [6.45, 7) is 0.299. The van der Waals surface area contributed by atoms with Crippen molar-refractivity contribution >= 4 is 75.1 Å². The van der Waals surface area contributed by atoms with E-state index in [2.05, 4.69) is 46.5 Å². The number of carbonyl (C=O) groups is 7. The number of amides is 6. The number of aliphatic carboxylic acids is 1. The van der Waals surface area contributed by atoms with Gasteiger partial charge in [0.15, 0.2) is 11.9 Å². The van der Waals surface area contributed by atoms with Gasteiger partial charge in [-0.2, -0.15) is 0 Å². The summed E-state index contributed by atoms with van der Waals surface area (Å²) in [5.41, 5.74) is 36.8. The van der Waals surface area contributed by atoms with E-state index in [1.54, 1.807) is 48.8 Å². The quantitative estimate of drug-likeness (QED) is 0.0161. The molecule has 0 fully saturated rings. The number of primary amides is 1. The number of hydrogen-bond donors (Lipinski definition) is 14. The molecule has 3 aromatic carbocycles. The number of carbonyl (C=O) groups excluding carboxylic acids is 6. The van der Waals surface area contributed by atoms with Gasteiger partial charge < -0.3 is 76.1 Å². The standard InChI is InChI=1S/C48H63N15O8/c49-32(14-8-20-55-47(51)52)41(65)59-35(17-9-21-56-48(53)54)42(66)60-36(18-19-40(50)64)43(67)62-38(23-28-25-57-33-15-6-4-12-30(28)33)45(69)61-37(22-27-10-2-1-3-11-27)44(68)63-39(46(70)71)24-29-26-58-34-16-7-5-13-31(29)34/h1-7,10-13,15-16,25-26,32,35-39,57-58H,8-9,14,17-24,49H2,(H2,50,64)(H,59,65)(H,60,66)(H,61,69)(H,62,67)(H,63,68)(H,70,71)(H4,51,52,55)(H4,53,54,56)/t32-,35-,36-,37-,38-,39-/m0/s1. The zero-order valence-electron chi connectivity index (χ0n) is 39.1. The molecule has 6 atom stereocenters. The lowest BCUT2D eigenvalue weighted by molar-refractivity contribution is -0.142. The van der Waals surface area contributed by atoms with E-state index in [0.29, 0.717) is 23.1 Å². The van der Waals surface area contributed by atoms with Gasteiger partial charge in [0.05, 0.1) is 6.04 Å². The SMILES string of the molecule is NC(=O)CC[C@H](NC(=O)[C@H](CCCN=C(N)N)NC(=O)[C@@H](N)CCCN=C(N)N)C(=O)N[C@@H](Cc1c[nH]c2ccccc12)C(=O)N[C@@H](Cc1ccccc1)C(=O)N[C@@H](Cc1c[nH]c2ccccc12)C(=O)O. The van der Waals surface area contributed by atoms with Crippen molar-refractivity contribution in [2.45, 2.75) is 94.0 Å². The number of aromatic nitrogens is 2. The van der Waals surface area contributed by atoms with Gasteiger partial charge >= 0.3 is 5.97 Å². The first-order chi connectivity index (χ1) is 34.0. The minimum atomic E-state index is -1.50. The second-order valence-corrected chi connectivity index (χ2v) is 17.0. The summed E-state index contributed by atoms with van der Waals surface area (Å²) in [6, 6.07) is 15.3. The van der Waals surface area contributed by atoms with Crippen LogP contribution in [0, 0.1) is 0 Å². The van der Waals surface area contributed by atoms with Gasteiger partial charge in [0.25, 0.3) is 0 Å². The van der Waals surface area contributed by atoms with Crippen molar-refractivity contribution in [3.63, 3.8) is 0 Å². The van der Waals surface area contributed by atoms with Gasteiger partial charge in [0.1, 0.15) is 30.2 Å². The summed E-state index contributed by atoms with van der Waals surface area (Å²) in [5, 5.41) is 25.1. The maximum atomic E-state index is 14.7. The Morgan fingerprint density at radius 3 is 1.45 bits per heavy atom. The third-order valence-corrected chi connectivity index (χ3v) is 11.6. The van der Waals surface area contributed by atoms with Crippen molar-refractivity contribution in [3.8, 4) is 0 Å². The summed E-state index contributed by atoms with van der Waals surface area (Å²) in [5.74, 6) is -6.48. The highest BCUT2D eigenvalue weighted by molar-refractivity contribution is 5.97. The van der Waals surface area contributed by atoms with Crippen LogP contribution in [0.25, 0.3) is 21.8 Å². The van der Waals surface area contributed by atoms with Crippen LogP contribution in [0.15, 0.2) is 101 Å². The molecule has 0 saturated carbocycles. The molecule has 5 aromatic rings. The highest BCUT2D eigenvalue weighted by atomic mass is 16.4. The number of para-hydroxylation sites is 2. The maximum Gasteiger partial charge on any atom is 0.326 e. The molecule has 0 saturated heterocycles. The Bertz CT molecular complexity index is 2690. The molecule has 0 unspecified atom stereocenters. The number of carboxylic acids is 1. The molecule has 71 heavy (non-hydrogen) atoms. The lowest BCUT2D eigenvalue weighted by atomic mass is 10.0. The smallest absolute Gasteiger partial charge is 0.326 e. The largest absolute Gasteiger partial charge is 0.480 e. The predicted molar refractivity (Wildman–Crippen MR) is 268 cm³/mol. The van der Waals surface area contributed by atoms with Crippen LogP contribution in [-0.4, -0.2) is 118 Å². The van der Waals surface area contributed by atoms with Gasteiger partial charge in [-0.3, -0.25) is 38.8 Å². The molecule has 23 heteroatoms. The van der Waals surface area contributed by atoms with E-state index in [-0.39, 0.29) is 76.4 Å². The minimum absolute atomic E-state index is 0.0137. The Morgan fingerprint density at radius 1 is 0.507 bits per heavy atom. The first-order valence-corrected chi connectivity index (χ1v) is 23.0. The van der Waals surface area contributed by atoms with E-state index >= 15 is 0 Å². The number of aliphatic imine (C=N–C) groups is 2. The van der Waals surface area contributed by atoms with Crippen LogP contribution in [0.2, 0.25) is 0 Å². The number of carboxylic acid groups (broad SMARTS) is 1. The molecule has 5 rings (SSSR count). The zero-order valence-corrected chi connectivity index (χ0v) is 39.1. The number of hydrogen-bond acceptors (Lipinski definition) is 10. The van der Waals surface area contributed by atoms with Gasteiger partial charge in [-0.05, 0) is 60.9 Å².